The highest BCUT2D eigenvalue weighted by atomic mass is 79.9. The Morgan fingerprint density at radius 3 is 2.52 bits per heavy atom. The summed E-state index contributed by atoms with van der Waals surface area (Å²) in [6.45, 7) is 0.247. The van der Waals surface area contributed by atoms with Gasteiger partial charge in [-0.25, -0.2) is 4.57 Å². The molecule has 4 rings (SSSR count). The fourth-order valence-corrected chi connectivity index (χ4v) is 3.21. The minimum Gasteiger partial charge on any atom is -1.00 e. The van der Waals surface area contributed by atoms with Crippen LogP contribution in [-0.4, -0.2) is 10.8 Å². The van der Waals surface area contributed by atoms with Crippen LogP contribution in [0, 0.1) is 0 Å². The summed E-state index contributed by atoms with van der Waals surface area (Å²) in [6, 6.07) is 23.2. The molecule has 0 saturated heterocycles. The molecule has 0 atom stereocenters. The number of aromatic nitrogens is 2. The molecule has 134 valence electrons. The van der Waals surface area contributed by atoms with Crippen LogP contribution >= 0.6 is 11.6 Å². The predicted octanol–water partition coefficient (Wildman–Crippen LogP) is 1.73. The van der Waals surface area contributed by atoms with E-state index in [-0.39, 0.29) is 29.3 Å². The van der Waals surface area contributed by atoms with Crippen molar-refractivity contribution in [2.45, 2.75) is 6.54 Å². The first-order valence-corrected chi connectivity index (χ1v) is 8.70. The zero-order valence-electron chi connectivity index (χ0n) is 14.3. The molecule has 1 aromatic heterocycles. The molecule has 0 aliphatic carbocycles. The number of benzene rings is 3. The highest BCUT2D eigenvalue weighted by molar-refractivity contribution is 6.30. The number of nitrogens with zero attached hydrogens (tertiary/aromatic N) is 2. The van der Waals surface area contributed by atoms with E-state index in [1.165, 1.54) is 0 Å². The van der Waals surface area contributed by atoms with E-state index in [1.807, 2.05) is 79.0 Å². The van der Waals surface area contributed by atoms with E-state index in [9.17, 15) is 4.79 Å². The van der Waals surface area contributed by atoms with Crippen LogP contribution < -0.4 is 21.5 Å². The largest absolute Gasteiger partial charge is 1.00 e. The van der Waals surface area contributed by atoms with Crippen molar-refractivity contribution in [1.82, 2.24) is 4.98 Å². The molecule has 3 nitrogen and oxygen atoms in total. The van der Waals surface area contributed by atoms with Crippen LogP contribution in [0.5, 0.6) is 0 Å². The second-order valence-electron chi connectivity index (χ2n) is 6.08. The second-order valence-corrected chi connectivity index (χ2v) is 6.51. The summed E-state index contributed by atoms with van der Waals surface area (Å²) >= 11 is 6.03. The van der Waals surface area contributed by atoms with Gasteiger partial charge in [-0.3, -0.25) is 4.79 Å². The highest BCUT2D eigenvalue weighted by Crippen LogP contribution is 2.20. The van der Waals surface area contributed by atoms with Gasteiger partial charge in [0.25, 0.3) is 6.33 Å². The summed E-state index contributed by atoms with van der Waals surface area (Å²) in [5.41, 5.74) is 2.50. The Hall–Kier alpha value is -2.56. The molecule has 3 aromatic carbocycles. The molecule has 0 spiro atoms. The normalized spacial score (nSPS) is 10.4. The summed E-state index contributed by atoms with van der Waals surface area (Å²) < 4.78 is 1.79. The number of carbonyl (C=O) groups excluding carboxylic acids is 1. The first-order chi connectivity index (χ1) is 12.7. The third-order valence-corrected chi connectivity index (χ3v) is 4.54. The molecular formula is C22H16BrClN2O. The summed E-state index contributed by atoms with van der Waals surface area (Å²) in [5.74, 6) is 0.0594. The number of Topliss-reactive ketones (excluding diaryl/α,β-unsaturated/α-hetero) is 1. The van der Waals surface area contributed by atoms with E-state index in [0.717, 1.165) is 27.6 Å². The number of hydrogen-bond acceptors (Lipinski definition) is 2. The zero-order valence-corrected chi connectivity index (χ0v) is 16.7. The number of ketones is 1. The molecule has 0 saturated carbocycles. The van der Waals surface area contributed by atoms with Crippen molar-refractivity contribution in [2.24, 2.45) is 0 Å². The molecule has 0 bridgehead atoms. The van der Waals surface area contributed by atoms with Gasteiger partial charge in [0.2, 0.25) is 5.78 Å². The molecule has 0 amide bonds. The van der Waals surface area contributed by atoms with E-state index < -0.39 is 0 Å². The Morgan fingerprint density at radius 2 is 1.74 bits per heavy atom. The SMILES string of the molecule is O=C(C[n+]1ccc(-c2cccc(Cl)c2)nc1)c1cccc2ccccc12.[Br-]. The fraction of sp³-hybridized carbons (Fsp3) is 0.0455. The predicted molar refractivity (Wildman–Crippen MR) is 103 cm³/mol. The second kappa shape index (κ2) is 8.42. The van der Waals surface area contributed by atoms with Crippen molar-refractivity contribution in [2.75, 3.05) is 0 Å². The summed E-state index contributed by atoms with van der Waals surface area (Å²) in [5, 5.41) is 2.72. The first-order valence-electron chi connectivity index (χ1n) is 8.33. The highest BCUT2D eigenvalue weighted by Gasteiger charge is 2.14. The third-order valence-electron chi connectivity index (χ3n) is 4.31. The topological polar surface area (TPSA) is 33.8 Å². The smallest absolute Gasteiger partial charge is 0.287 e. The van der Waals surface area contributed by atoms with Gasteiger partial charge in [0.05, 0.1) is 6.20 Å². The van der Waals surface area contributed by atoms with Gasteiger partial charge in [0.1, 0.15) is 0 Å². The maximum atomic E-state index is 12.8. The first kappa shape index (κ1) is 19.2. The molecule has 0 fully saturated rings. The molecule has 5 heteroatoms. The molecule has 0 aliphatic heterocycles. The lowest BCUT2D eigenvalue weighted by Gasteiger charge is -2.05. The van der Waals surface area contributed by atoms with Gasteiger partial charge >= 0.3 is 0 Å². The van der Waals surface area contributed by atoms with Crippen LogP contribution in [0.3, 0.4) is 0 Å². The van der Waals surface area contributed by atoms with Crippen molar-refractivity contribution in [3.63, 3.8) is 0 Å². The minimum atomic E-state index is 0. The average molecular weight is 440 g/mol. The monoisotopic (exact) mass is 438 g/mol. The lowest BCUT2D eigenvalue weighted by Crippen LogP contribution is -3.00. The van der Waals surface area contributed by atoms with Gasteiger partial charge in [-0.2, -0.15) is 0 Å². The van der Waals surface area contributed by atoms with E-state index in [0.29, 0.717) is 5.02 Å². The van der Waals surface area contributed by atoms with E-state index in [1.54, 1.807) is 10.9 Å². The average Bonchev–Trinajstić information content (AvgIpc) is 2.68. The van der Waals surface area contributed by atoms with Crippen LogP contribution in [0.4, 0.5) is 0 Å². The van der Waals surface area contributed by atoms with Crippen molar-refractivity contribution in [3.8, 4) is 11.3 Å². The van der Waals surface area contributed by atoms with Crippen LogP contribution in [0.2, 0.25) is 5.02 Å². The van der Waals surface area contributed by atoms with Crippen molar-refractivity contribution < 1.29 is 26.3 Å². The van der Waals surface area contributed by atoms with E-state index >= 15 is 0 Å². The summed E-state index contributed by atoms with van der Waals surface area (Å²) in [6.07, 6.45) is 3.55. The van der Waals surface area contributed by atoms with Gasteiger partial charge in [0.15, 0.2) is 12.2 Å². The number of carbonyl (C=O) groups is 1. The molecule has 0 N–H and O–H groups in total. The summed E-state index contributed by atoms with van der Waals surface area (Å²) in [4.78, 5) is 17.2. The Kier molecular flexibility index (Phi) is 5.99. The molecule has 0 unspecified atom stereocenters. The Bertz CT molecular complexity index is 1090. The van der Waals surface area contributed by atoms with Crippen molar-refractivity contribution >= 4 is 28.2 Å². The quantitative estimate of drug-likeness (QED) is 0.358. The molecule has 0 radical (unpaired) electrons. The number of fused-ring (bicyclic) bond motifs is 1. The van der Waals surface area contributed by atoms with E-state index in [4.69, 9.17) is 11.6 Å². The summed E-state index contributed by atoms with van der Waals surface area (Å²) in [7, 11) is 0. The maximum absolute atomic E-state index is 12.8. The van der Waals surface area contributed by atoms with E-state index in [2.05, 4.69) is 4.98 Å². The molecule has 4 aromatic rings. The van der Waals surface area contributed by atoms with Gasteiger partial charge < -0.3 is 17.0 Å². The maximum Gasteiger partial charge on any atom is 0.287 e. The van der Waals surface area contributed by atoms with Gasteiger partial charge in [0, 0.05) is 22.2 Å². The lowest BCUT2D eigenvalue weighted by atomic mass is 10.0. The molecular weight excluding hydrogens is 424 g/mol. The zero-order chi connectivity index (χ0) is 17.9. The number of halogens is 2. The van der Waals surface area contributed by atoms with Gasteiger partial charge in [-0.1, -0.05) is 66.2 Å². The van der Waals surface area contributed by atoms with Crippen LogP contribution in [-0.2, 0) is 6.54 Å². The third kappa shape index (κ3) is 4.24. The molecule has 1 heterocycles. The standard InChI is InChI=1S/C22H16ClN2O.BrH/c23-18-8-3-7-17(13-18)21-11-12-25(15-24-21)14-22(26)20-10-4-6-16-5-1-2-9-19(16)20;/h1-13,15H,14H2;1H/q+1;/p-1. The lowest BCUT2D eigenvalue weighted by molar-refractivity contribution is -0.686. The van der Waals surface area contributed by atoms with Crippen LogP contribution in [0.1, 0.15) is 10.4 Å². The van der Waals surface area contributed by atoms with Crippen LogP contribution in [0.25, 0.3) is 22.0 Å². The number of rotatable bonds is 4. The Balaban J connectivity index is 0.00000210. The number of hydrogen-bond donors (Lipinski definition) is 0. The van der Waals surface area contributed by atoms with Crippen LogP contribution in [0.15, 0.2) is 85.3 Å². The molecule has 0 aliphatic rings. The fourth-order valence-electron chi connectivity index (χ4n) is 3.02. The minimum absolute atomic E-state index is 0. The van der Waals surface area contributed by atoms with Crippen molar-refractivity contribution in [1.29, 1.82) is 0 Å². The Labute approximate surface area is 173 Å². The van der Waals surface area contributed by atoms with Gasteiger partial charge in [-0.05, 0) is 27.9 Å². The Morgan fingerprint density at radius 1 is 0.963 bits per heavy atom. The van der Waals surface area contributed by atoms with Gasteiger partial charge in [-0.15, -0.1) is 0 Å². The van der Waals surface area contributed by atoms with Crippen molar-refractivity contribution in [3.05, 3.63) is 95.9 Å². The molecule has 27 heavy (non-hydrogen) atoms.